The quantitative estimate of drug-likeness (QED) is 0.253. The van der Waals surface area contributed by atoms with E-state index in [-0.39, 0.29) is 5.97 Å². The number of fused-ring (bicyclic) bond motifs is 8. The van der Waals surface area contributed by atoms with Crippen molar-refractivity contribution in [2.75, 3.05) is 12.4 Å². The van der Waals surface area contributed by atoms with Gasteiger partial charge in [0.15, 0.2) is 5.60 Å². The average molecular weight is 506 g/mol. The van der Waals surface area contributed by atoms with E-state index in [9.17, 15) is 4.79 Å². The molecule has 0 aromatic heterocycles. The lowest BCUT2D eigenvalue weighted by atomic mass is 9.77. The lowest BCUT2D eigenvalue weighted by Gasteiger charge is -2.37. The van der Waals surface area contributed by atoms with Gasteiger partial charge in [-0.2, -0.15) is 0 Å². The second kappa shape index (κ2) is 8.02. The second-order valence-electron chi connectivity index (χ2n) is 9.06. The average Bonchev–Trinajstić information content (AvgIpc) is 3.23. The third-order valence-corrected chi connectivity index (χ3v) is 7.37. The highest BCUT2D eigenvalue weighted by molar-refractivity contribution is 6.33. The molecule has 6 heteroatoms. The highest BCUT2D eigenvalue weighted by Gasteiger charge is 2.54. The van der Waals surface area contributed by atoms with Crippen molar-refractivity contribution in [3.63, 3.8) is 0 Å². The normalized spacial score (nSPS) is 17.0. The largest absolute Gasteiger partial charge is 0.497 e. The summed E-state index contributed by atoms with van der Waals surface area (Å²) >= 11 is 6.83. The van der Waals surface area contributed by atoms with Crippen LogP contribution >= 0.6 is 11.6 Å². The van der Waals surface area contributed by atoms with E-state index in [1.165, 1.54) is 0 Å². The van der Waals surface area contributed by atoms with E-state index in [0.717, 1.165) is 33.3 Å². The summed E-state index contributed by atoms with van der Waals surface area (Å²) in [5, 5.41) is 5.81. The number of nitrogens with one attached hydrogen (secondary N) is 1. The van der Waals surface area contributed by atoms with Crippen molar-refractivity contribution >= 4 is 39.7 Å². The number of ether oxygens (including phenoxy) is 3. The molecule has 1 N–H and O–H groups in total. The van der Waals surface area contributed by atoms with Crippen molar-refractivity contribution in [1.82, 2.24) is 0 Å². The predicted octanol–water partition coefficient (Wildman–Crippen LogP) is 7.81. The summed E-state index contributed by atoms with van der Waals surface area (Å²) < 4.78 is 18.1. The first-order chi connectivity index (χ1) is 18.1. The number of anilines is 2. The first kappa shape index (κ1) is 21.8. The first-order valence-electron chi connectivity index (χ1n) is 11.9. The molecule has 1 spiro atoms. The van der Waals surface area contributed by atoms with E-state index < -0.39 is 5.60 Å². The molecule has 0 aliphatic carbocycles. The highest BCUT2D eigenvalue weighted by Crippen LogP contribution is 2.58. The molecule has 0 fully saturated rings. The Hall–Kier alpha value is -4.48. The Labute approximate surface area is 218 Å². The molecule has 0 amide bonds. The Morgan fingerprint density at radius 2 is 1.62 bits per heavy atom. The molecule has 7 rings (SSSR count). The predicted molar refractivity (Wildman–Crippen MR) is 143 cm³/mol. The lowest BCUT2D eigenvalue weighted by molar-refractivity contribution is 0.0225. The minimum Gasteiger partial charge on any atom is -0.497 e. The maximum absolute atomic E-state index is 13.1. The minimum atomic E-state index is -1.18. The number of carbonyl (C=O) groups excluding carboxylic acids is 1. The number of rotatable bonds is 3. The van der Waals surface area contributed by atoms with Crippen molar-refractivity contribution in [1.29, 1.82) is 0 Å². The molecule has 2 heterocycles. The van der Waals surface area contributed by atoms with Gasteiger partial charge in [0.2, 0.25) is 0 Å². The van der Waals surface area contributed by atoms with Gasteiger partial charge in [0.05, 0.1) is 23.4 Å². The lowest BCUT2D eigenvalue weighted by Crippen LogP contribution is -2.33. The summed E-state index contributed by atoms with van der Waals surface area (Å²) in [6.45, 7) is 0. The minimum absolute atomic E-state index is 0.376. The summed E-state index contributed by atoms with van der Waals surface area (Å²) in [6.07, 6.45) is 0. The van der Waals surface area contributed by atoms with Gasteiger partial charge in [-0.3, -0.25) is 0 Å². The Kier molecular flexibility index (Phi) is 4.72. The van der Waals surface area contributed by atoms with Crippen LogP contribution in [0.25, 0.3) is 10.8 Å². The topological polar surface area (TPSA) is 56.8 Å². The molecular formula is C31H20ClNO4. The summed E-state index contributed by atoms with van der Waals surface area (Å²) in [5.74, 6) is 1.61. The van der Waals surface area contributed by atoms with Crippen molar-refractivity contribution in [3.05, 3.63) is 124 Å². The molecule has 0 saturated heterocycles. The van der Waals surface area contributed by atoms with Gasteiger partial charge < -0.3 is 19.5 Å². The monoisotopic (exact) mass is 505 g/mol. The second-order valence-corrected chi connectivity index (χ2v) is 9.47. The standard InChI is InChI=1S/C31H20ClNO4/c1-35-20-13-11-19(12-14-20)33-27-17-28-25(16-26(27)32)31(23-9-5-4-8-22(23)30(34)37-31)24-15-10-18-6-2-3-7-21(18)29(24)36-28/h2-17,33H,1H3. The number of carbonyl (C=O) groups is 1. The SMILES string of the molecule is COc1ccc(Nc2cc3c(cc2Cl)C2(OC(=O)c4ccccc42)c2ccc4ccccc4c2O3)cc1. The van der Waals surface area contributed by atoms with Crippen LogP contribution < -0.4 is 14.8 Å². The molecule has 0 radical (unpaired) electrons. The number of benzene rings is 5. The molecule has 2 aliphatic heterocycles. The summed E-state index contributed by atoms with van der Waals surface area (Å²) in [7, 11) is 1.63. The van der Waals surface area contributed by atoms with Gasteiger partial charge in [0.1, 0.15) is 17.2 Å². The third-order valence-electron chi connectivity index (χ3n) is 7.06. The van der Waals surface area contributed by atoms with Crippen LogP contribution in [0, 0.1) is 0 Å². The number of halogens is 1. The van der Waals surface area contributed by atoms with Crippen molar-refractivity contribution < 1.29 is 19.0 Å². The zero-order chi connectivity index (χ0) is 25.1. The van der Waals surface area contributed by atoms with Crippen LogP contribution in [0.5, 0.6) is 17.2 Å². The molecule has 2 aliphatic rings. The van der Waals surface area contributed by atoms with E-state index in [0.29, 0.717) is 33.3 Å². The molecule has 0 bridgehead atoms. The maximum Gasteiger partial charge on any atom is 0.340 e. The number of methoxy groups -OCH3 is 1. The highest BCUT2D eigenvalue weighted by atomic mass is 35.5. The van der Waals surface area contributed by atoms with Crippen molar-refractivity contribution in [2.45, 2.75) is 5.60 Å². The van der Waals surface area contributed by atoms with E-state index >= 15 is 0 Å². The Morgan fingerprint density at radius 3 is 2.46 bits per heavy atom. The van der Waals surface area contributed by atoms with Crippen LogP contribution in [0.4, 0.5) is 11.4 Å². The molecule has 1 unspecified atom stereocenters. The fourth-order valence-corrected chi connectivity index (χ4v) is 5.55. The van der Waals surface area contributed by atoms with Gasteiger partial charge in [0, 0.05) is 33.8 Å². The van der Waals surface area contributed by atoms with E-state index in [2.05, 4.69) is 5.32 Å². The zero-order valence-corrected chi connectivity index (χ0v) is 20.5. The fraction of sp³-hybridized carbons (Fsp3) is 0.0645. The fourth-order valence-electron chi connectivity index (χ4n) is 5.34. The Balaban J connectivity index is 1.46. The molecule has 5 nitrogen and oxygen atoms in total. The number of hydrogen-bond acceptors (Lipinski definition) is 5. The van der Waals surface area contributed by atoms with Gasteiger partial charge >= 0.3 is 5.97 Å². The Morgan fingerprint density at radius 1 is 0.838 bits per heavy atom. The van der Waals surface area contributed by atoms with Gasteiger partial charge in [-0.1, -0.05) is 60.1 Å². The van der Waals surface area contributed by atoms with Gasteiger partial charge in [-0.15, -0.1) is 0 Å². The van der Waals surface area contributed by atoms with Gasteiger partial charge in [0.25, 0.3) is 0 Å². The first-order valence-corrected chi connectivity index (χ1v) is 12.2. The smallest absolute Gasteiger partial charge is 0.340 e. The third kappa shape index (κ3) is 3.14. The van der Waals surface area contributed by atoms with Crippen LogP contribution in [0.3, 0.4) is 0 Å². The summed E-state index contributed by atoms with van der Waals surface area (Å²) in [5.41, 5.74) is 3.09. The van der Waals surface area contributed by atoms with E-state index in [1.54, 1.807) is 13.2 Å². The summed E-state index contributed by atoms with van der Waals surface area (Å²) in [6, 6.07) is 30.8. The van der Waals surface area contributed by atoms with Crippen LogP contribution in [-0.2, 0) is 10.3 Å². The molecule has 1 atom stereocenters. The van der Waals surface area contributed by atoms with Crippen LogP contribution in [0.1, 0.15) is 27.0 Å². The van der Waals surface area contributed by atoms with Crippen molar-refractivity contribution in [2.24, 2.45) is 0 Å². The van der Waals surface area contributed by atoms with E-state index in [1.807, 2.05) is 91.0 Å². The van der Waals surface area contributed by atoms with Crippen molar-refractivity contribution in [3.8, 4) is 17.2 Å². The Bertz CT molecular complexity index is 1730. The van der Waals surface area contributed by atoms with Gasteiger partial charge in [-0.25, -0.2) is 4.79 Å². The molecule has 37 heavy (non-hydrogen) atoms. The number of esters is 1. The van der Waals surface area contributed by atoms with E-state index in [4.69, 9.17) is 25.8 Å². The zero-order valence-electron chi connectivity index (χ0n) is 19.7. The van der Waals surface area contributed by atoms with Crippen LogP contribution in [0.15, 0.2) is 97.1 Å². The molecule has 5 aromatic carbocycles. The number of hydrogen-bond donors (Lipinski definition) is 1. The van der Waals surface area contributed by atoms with Gasteiger partial charge in [-0.05, 0) is 47.9 Å². The molecule has 5 aromatic rings. The van der Waals surface area contributed by atoms with Crippen LogP contribution in [-0.4, -0.2) is 13.1 Å². The molecule has 180 valence electrons. The summed E-state index contributed by atoms with van der Waals surface area (Å²) in [4.78, 5) is 13.1. The van der Waals surface area contributed by atoms with Crippen LogP contribution in [0.2, 0.25) is 5.02 Å². The maximum atomic E-state index is 13.1. The molecular weight excluding hydrogens is 486 g/mol. The molecule has 0 saturated carbocycles.